The molecule has 0 aliphatic heterocycles. The van der Waals surface area contributed by atoms with Gasteiger partial charge in [-0.3, -0.25) is 9.59 Å². The summed E-state index contributed by atoms with van der Waals surface area (Å²) in [5.74, 6) is 0.300. The summed E-state index contributed by atoms with van der Waals surface area (Å²) in [6.07, 6.45) is 0. The van der Waals surface area contributed by atoms with Crippen LogP contribution in [-0.4, -0.2) is 36.9 Å². The summed E-state index contributed by atoms with van der Waals surface area (Å²) in [5.41, 5.74) is -0.437. The average Bonchev–Trinajstić information content (AvgIpc) is 2.11. The molecule has 0 aromatic carbocycles. The van der Waals surface area contributed by atoms with E-state index < -0.39 is 5.41 Å². The van der Waals surface area contributed by atoms with E-state index in [1.54, 1.807) is 7.05 Å². The molecule has 0 bridgehead atoms. The van der Waals surface area contributed by atoms with Gasteiger partial charge in [0.2, 0.25) is 11.8 Å². The highest BCUT2D eigenvalue weighted by Gasteiger charge is 2.25. The van der Waals surface area contributed by atoms with Crippen LogP contribution in [0.3, 0.4) is 0 Å². The molecule has 0 aliphatic carbocycles. The summed E-state index contributed by atoms with van der Waals surface area (Å²) in [6, 6.07) is 0. The van der Waals surface area contributed by atoms with Crippen LogP contribution in [0.2, 0.25) is 0 Å². The lowest BCUT2D eigenvalue weighted by molar-refractivity contribution is -0.141. The van der Waals surface area contributed by atoms with Gasteiger partial charge in [-0.25, -0.2) is 0 Å². The van der Waals surface area contributed by atoms with Gasteiger partial charge >= 0.3 is 0 Å². The molecule has 16 heavy (non-hydrogen) atoms. The van der Waals surface area contributed by atoms with Crippen molar-refractivity contribution < 1.29 is 9.59 Å². The highest BCUT2D eigenvalue weighted by atomic mass is 16.2. The standard InChI is InChI=1S/C12H24N2O2/c1-9(2)7-13-10(15)8-14(6)11(16)12(3,4)5/h9H,7-8H2,1-6H3,(H,13,15). The van der Waals surface area contributed by atoms with Crippen molar-refractivity contribution in [1.29, 1.82) is 0 Å². The Morgan fingerprint density at radius 2 is 1.75 bits per heavy atom. The van der Waals surface area contributed by atoms with Gasteiger partial charge in [-0.05, 0) is 5.92 Å². The first-order chi connectivity index (χ1) is 7.14. The number of amides is 2. The molecule has 0 aromatic heterocycles. The van der Waals surface area contributed by atoms with Crippen molar-refractivity contribution in [2.45, 2.75) is 34.6 Å². The van der Waals surface area contributed by atoms with Crippen molar-refractivity contribution in [3.63, 3.8) is 0 Å². The number of likely N-dealkylation sites (N-methyl/N-ethyl adjacent to an activating group) is 1. The quantitative estimate of drug-likeness (QED) is 0.787. The second-order valence-corrected chi connectivity index (χ2v) is 5.61. The van der Waals surface area contributed by atoms with E-state index in [2.05, 4.69) is 5.32 Å². The molecule has 1 N–H and O–H groups in total. The fraction of sp³-hybridized carbons (Fsp3) is 0.833. The summed E-state index contributed by atoms with van der Waals surface area (Å²) in [6.45, 7) is 10.4. The number of carbonyl (C=O) groups excluding carboxylic acids is 2. The largest absolute Gasteiger partial charge is 0.354 e. The number of nitrogens with zero attached hydrogens (tertiary/aromatic N) is 1. The van der Waals surface area contributed by atoms with Gasteiger partial charge in [0.1, 0.15) is 0 Å². The van der Waals surface area contributed by atoms with Gasteiger partial charge < -0.3 is 10.2 Å². The first kappa shape index (κ1) is 14.9. The fourth-order valence-electron chi connectivity index (χ4n) is 1.23. The maximum atomic E-state index is 11.8. The van der Waals surface area contributed by atoms with Crippen LogP contribution >= 0.6 is 0 Å². The van der Waals surface area contributed by atoms with Crippen molar-refractivity contribution in [2.75, 3.05) is 20.1 Å². The van der Waals surface area contributed by atoms with Crippen LogP contribution < -0.4 is 5.32 Å². The zero-order chi connectivity index (χ0) is 12.9. The Morgan fingerprint density at radius 3 is 2.12 bits per heavy atom. The van der Waals surface area contributed by atoms with Crippen LogP contribution in [0.4, 0.5) is 0 Å². The van der Waals surface area contributed by atoms with E-state index in [-0.39, 0.29) is 18.4 Å². The second kappa shape index (κ2) is 5.87. The third-order valence-electron chi connectivity index (χ3n) is 2.08. The molecule has 0 saturated heterocycles. The second-order valence-electron chi connectivity index (χ2n) is 5.61. The topological polar surface area (TPSA) is 49.4 Å². The fourth-order valence-corrected chi connectivity index (χ4v) is 1.23. The molecule has 0 unspecified atom stereocenters. The van der Waals surface area contributed by atoms with Gasteiger partial charge in [0.05, 0.1) is 6.54 Å². The summed E-state index contributed by atoms with van der Waals surface area (Å²) in [7, 11) is 1.66. The summed E-state index contributed by atoms with van der Waals surface area (Å²) >= 11 is 0. The molecule has 0 saturated carbocycles. The van der Waals surface area contributed by atoms with E-state index in [4.69, 9.17) is 0 Å². The number of carbonyl (C=O) groups is 2. The highest BCUT2D eigenvalue weighted by molar-refractivity contribution is 5.87. The predicted molar refractivity (Wildman–Crippen MR) is 64.9 cm³/mol. The molecule has 0 radical (unpaired) electrons. The lowest BCUT2D eigenvalue weighted by Gasteiger charge is -2.25. The Morgan fingerprint density at radius 1 is 1.25 bits per heavy atom. The van der Waals surface area contributed by atoms with Crippen LogP contribution in [0, 0.1) is 11.3 Å². The Hall–Kier alpha value is -1.06. The number of hydrogen-bond acceptors (Lipinski definition) is 2. The Balaban J connectivity index is 4.10. The molecule has 0 atom stereocenters. The molecule has 0 fully saturated rings. The van der Waals surface area contributed by atoms with E-state index in [1.807, 2.05) is 34.6 Å². The zero-order valence-electron chi connectivity index (χ0n) is 11.3. The first-order valence-corrected chi connectivity index (χ1v) is 5.67. The molecule has 0 rings (SSSR count). The molecule has 0 spiro atoms. The summed E-state index contributed by atoms with van der Waals surface area (Å²) in [4.78, 5) is 24.7. The van der Waals surface area contributed by atoms with E-state index in [0.717, 1.165) is 0 Å². The van der Waals surface area contributed by atoms with Crippen LogP contribution in [-0.2, 0) is 9.59 Å². The Kier molecular flexibility index (Phi) is 5.48. The van der Waals surface area contributed by atoms with E-state index in [0.29, 0.717) is 12.5 Å². The molecular formula is C12H24N2O2. The van der Waals surface area contributed by atoms with Crippen LogP contribution in [0.5, 0.6) is 0 Å². The summed E-state index contributed by atoms with van der Waals surface area (Å²) in [5, 5.41) is 2.79. The molecule has 94 valence electrons. The van der Waals surface area contributed by atoms with Crippen molar-refractivity contribution >= 4 is 11.8 Å². The van der Waals surface area contributed by atoms with Crippen LogP contribution in [0.25, 0.3) is 0 Å². The van der Waals surface area contributed by atoms with Gasteiger partial charge in [0, 0.05) is 19.0 Å². The SMILES string of the molecule is CC(C)CNC(=O)CN(C)C(=O)C(C)(C)C. The third kappa shape index (κ3) is 5.73. The third-order valence-corrected chi connectivity index (χ3v) is 2.08. The molecule has 0 heterocycles. The van der Waals surface area contributed by atoms with Crippen molar-refractivity contribution in [2.24, 2.45) is 11.3 Å². The first-order valence-electron chi connectivity index (χ1n) is 5.67. The Labute approximate surface area is 98.4 Å². The van der Waals surface area contributed by atoms with E-state index in [1.165, 1.54) is 4.90 Å². The van der Waals surface area contributed by atoms with Crippen LogP contribution in [0.1, 0.15) is 34.6 Å². The molecular weight excluding hydrogens is 204 g/mol. The van der Waals surface area contributed by atoms with Crippen molar-refractivity contribution in [3.05, 3.63) is 0 Å². The minimum absolute atomic E-state index is 0.0211. The van der Waals surface area contributed by atoms with Crippen molar-refractivity contribution in [3.8, 4) is 0 Å². The van der Waals surface area contributed by atoms with Gasteiger partial charge in [0.25, 0.3) is 0 Å². The average molecular weight is 228 g/mol. The minimum Gasteiger partial charge on any atom is -0.354 e. The normalized spacial score (nSPS) is 11.4. The number of nitrogens with one attached hydrogen (secondary N) is 1. The number of hydrogen-bond donors (Lipinski definition) is 1. The minimum atomic E-state index is -0.437. The lowest BCUT2D eigenvalue weighted by Crippen LogP contribution is -2.43. The van der Waals surface area contributed by atoms with Crippen LogP contribution in [0.15, 0.2) is 0 Å². The van der Waals surface area contributed by atoms with Gasteiger partial charge in [-0.15, -0.1) is 0 Å². The van der Waals surface area contributed by atoms with Gasteiger partial charge in [-0.1, -0.05) is 34.6 Å². The smallest absolute Gasteiger partial charge is 0.239 e. The van der Waals surface area contributed by atoms with Crippen molar-refractivity contribution in [1.82, 2.24) is 10.2 Å². The molecule has 2 amide bonds. The zero-order valence-corrected chi connectivity index (χ0v) is 11.3. The monoisotopic (exact) mass is 228 g/mol. The molecule has 4 nitrogen and oxygen atoms in total. The molecule has 4 heteroatoms. The maximum absolute atomic E-state index is 11.8. The number of rotatable bonds is 4. The van der Waals surface area contributed by atoms with E-state index in [9.17, 15) is 9.59 Å². The molecule has 0 aromatic rings. The summed E-state index contributed by atoms with van der Waals surface area (Å²) < 4.78 is 0. The predicted octanol–water partition coefficient (Wildman–Crippen LogP) is 1.26. The maximum Gasteiger partial charge on any atom is 0.239 e. The molecule has 0 aliphatic rings. The van der Waals surface area contributed by atoms with E-state index >= 15 is 0 Å². The lowest BCUT2D eigenvalue weighted by atomic mass is 9.95. The van der Waals surface area contributed by atoms with Gasteiger partial charge in [-0.2, -0.15) is 0 Å². The Bertz CT molecular complexity index is 254. The highest BCUT2D eigenvalue weighted by Crippen LogP contribution is 2.15. The van der Waals surface area contributed by atoms with Gasteiger partial charge in [0.15, 0.2) is 0 Å².